The minimum atomic E-state index is 0.198. The van der Waals surface area contributed by atoms with E-state index in [0.717, 1.165) is 37.0 Å². The summed E-state index contributed by atoms with van der Waals surface area (Å²) in [6.07, 6.45) is 1.93. The summed E-state index contributed by atoms with van der Waals surface area (Å²) >= 11 is 6.08. The molecule has 0 spiro atoms. The van der Waals surface area contributed by atoms with Gasteiger partial charge >= 0.3 is 0 Å². The summed E-state index contributed by atoms with van der Waals surface area (Å²) in [6, 6.07) is 16.7. The molecule has 0 radical (unpaired) electrons. The third-order valence-electron chi connectivity index (χ3n) is 4.57. The van der Waals surface area contributed by atoms with Gasteiger partial charge in [0.05, 0.1) is 13.2 Å². The second-order valence-electron chi connectivity index (χ2n) is 5.99. The zero-order chi connectivity index (χ0) is 16.9. The highest BCUT2D eigenvalue weighted by Gasteiger charge is 2.25. The predicted octanol–water partition coefficient (Wildman–Crippen LogP) is 4.20. The Hall–Kier alpha value is -1.97. The predicted molar refractivity (Wildman–Crippen MR) is 99.6 cm³/mol. The van der Waals surface area contributed by atoms with E-state index in [9.17, 15) is 0 Å². The first-order valence-corrected chi connectivity index (χ1v) is 8.59. The van der Waals surface area contributed by atoms with E-state index in [4.69, 9.17) is 16.3 Å². The van der Waals surface area contributed by atoms with Crippen LogP contribution in [0.2, 0.25) is 5.02 Å². The Bertz CT molecular complexity index is 678. The van der Waals surface area contributed by atoms with Gasteiger partial charge in [0.25, 0.3) is 0 Å². The molecule has 3 nitrogen and oxygen atoms in total. The third-order valence-corrected chi connectivity index (χ3v) is 4.82. The number of ether oxygens (including phenoxy) is 1. The van der Waals surface area contributed by atoms with Crippen LogP contribution in [-0.2, 0) is 0 Å². The molecule has 1 heterocycles. The van der Waals surface area contributed by atoms with Crippen molar-refractivity contribution in [2.45, 2.75) is 6.04 Å². The Morgan fingerprint density at radius 2 is 1.75 bits per heavy atom. The van der Waals surface area contributed by atoms with Crippen LogP contribution >= 0.6 is 11.6 Å². The van der Waals surface area contributed by atoms with Gasteiger partial charge in [-0.25, -0.2) is 0 Å². The Morgan fingerprint density at radius 1 is 1.04 bits per heavy atom. The molecule has 0 bridgehead atoms. The molecule has 1 aliphatic rings. The molecule has 0 N–H and O–H groups in total. The van der Waals surface area contributed by atoms with Gasteiger partial charge in [0, 0.05) is 31.2 Å². The second kappa shape index (κ2) is 7.73. The highest BCUT2D eigenvalue weighted by atomic mass is 35.5. The van der Waals surface area contributed by atoms with E-state index in [1.54, 1.807) is 7.11 Å². The molecule has 1 saturated heterocycles. The standard InChI is InChI=1S/C20H23ClN2O/c1-3-22-11-13-23(14-12-22)20(16-7-9-18(21)10-8-16)17-5-4-6-19(15-17)24-2/h3-10,15,20H,1,11-14H2,2H3. The number of nitrogens with zero attached hydrogens (tertiary/aromatic N) is 2. The number of hydrogen-bond acceptors (Lipinski definition) is 3. The minimum absolute atomic E-state index is 0.198. The van der Waals surface area contributed by atoms with Crippen LogP contribution in [0.3, 0.4) is 0 Å². The van der Waals surface area contributed by atoms with Crippen molar-refractivity contribution < 1.29 is 4.74 Å². The van der Waals surface area contributed by atoms with E-state index in [1.807, 2.05) is 24.4 Å². The van der Waals surface area contributed by atoms with Gasteiger partial charge in [-0.15, -0.1) is 0 Å². The Morgan fingerprint density at radius 3 is 2.38 bits per heavy atom. The smallest absolute Gasteiger partial charge is 0.119 e. The highest BCUT2D eigenvalue weighted by molar-refractivity contribution is 6.30. The van der Waals surface area contributed by atoms with Crippen molar-refractivity contribution in [3.63, 3.8) is 0 Å². The number of halogens is 1. The maximum Gasteiger partial charge on any atom is 0.119 e. The van der Waals surface area contributed by atoms with Gasteiger partial charge in [-0.1, -0.05) is 42.4 Å². The van der Waals surface area contributed by atoms with Crippen molar-refractivity contribution in [3.05, 3.63) is 77.5 Å². The lowest BCUT2D eigenvalue weighted by Crippen LogP contribution is -2.45. The van der Waals surface area contributed by atoms with Gasteiger partial charge in [-0.3, -0.25) is 4.90 Å². The topological polar surface area (TPSA) is 15.7 Å². The molecule has 0 aromatic heterocycles. The summed E-state index contributed by atoms with van der Waals surface area (Å²) in [5.74, 6) is 0.885. The SMILES string of the molecule is C=CN1CCN(C(c2ccc(Cl)cc2)c2cccc(OC)c2)CC1. The maximum absolute atomic E-state index is 6.08. The third kappa shape index (κ3) is 3.74. The fraction of sp³-hybridized carbons (Fsp3) is 0.300. The lowest BCUT2D eigenvalue weighted by Gasteiger charge is -2.39. The first kappa shape index (κ1) is 16.9. The monoisotopic (exact) mass is 342 g/mol. The molecular formula is C20H23ClN2O. The van der Waals surface area contributed by atoms with Crippen molar-refractivity contribution in [1.29, 1.82) is 0 Å². The van der Waals surface area contributed by atoms with Gasteiger partial charge in [0.1, 0.15) is 5.75 Å². The van der Waals surface area contributed by atoms with Gasteiger partial charge in [0.15, 0.2) is 0 Å². The summed E-state index contributed by atoms with van der Waals surface area (Å²) in [5, 5.41) is 0.764. The Balaban J connectivity index is 1.94. The minimum Gasteiger partial charge on any atom is -0.497 e. The zero-order valence-electron chi connectivity index (χ0n) is 14.0. The van der Waals surface area contributed by atoms with Crippen LogP contribution in [0, 0.1) is 0 Å². The molecule has 1 unspecified atom stereocenters. The molecule has 4 heteroatoms. The first-order valence-electron chi connectivity index (χ1n) is 8.21. The molecule has 2 aromatic rings. The van der Waals surface area contributed by atoms with Crippen molar-refractivity contribution in [2.24, 2.45) is 0 Å². The summed E-state index contributed by atoms with van der Waals surface area (Å²) < 4.78 is 5.42. The average Bonchev–Trinajstić information content (AvgIpc) is 2.64. The molecule has 126 valence electrons. The summed E-state index contributed by atoms with van der Waals surface area (Å²) in [6.45, 7) is 7.87. The van der Waals surface area contributed by atoms with Crippen molar-refractivity contribution in [2.75, 3.05) is 33.3 Å². The number of benzene rings is 2. The molecule has 3 rings (SSSR count). The summed E-state index contributed by atoms with van der Waals surface area (Å²) in [7, 11) is 1.71. The van der Waals surface area contributed by atoms with Gasteiger partial charge < -0.3 is 9.64 Å². The molecule has 2 aromatic carbocycles. The number of rotatable bonds is 5. The molecule has 24 heavy (non-hydrogen) atoms. The Labute approximate surface area is 149 Å². The van der Waals surface area contributed by atoms with Crippen LogP contribution in [0.15, 0.2) is 61.3 Å². The fourth-order valence-electron chi connectivity index (χ4n) is 3.25. The molecule has 1 atom stereocenters. The van der Waals surface area contributed by atoms with Crippen LogP contribution < -0.4 is 4.74 Å². The van der Waals surface area contributed by atoms with Crippen LogP contribution in [0.4, 0.5) is 0 Å². The largest absolute Gasteiger partial charge is 0.497 e. The quantitative estimate of drug-likeness (QED) is 0.810. The van der Waals surface area contributed by atoms with E-state index in [2.05, 4.69) is 46.7 Å². The molecule has 0 saturated carbocycles. The number of methoxy groups -OCH3 is 1. The fourth-order valence-corrected chi connectivity index (χ4v) is 3.37. The maximum atomic E-state index is 6.08. The molecule has 0 aliphatic carbocycles. The number of hydrogen-bond donors (Lipinski definition) is 0. The highest BCUT2D eigenvalue weighted by Crippen LogP contribution is 2.32. The van der Waals surface area contributed by atoms with E-state index < -0.39 is 0 Å². The van der Waals surface area contributed by atoms with Gasteiger partial charge in [-0.05, 0) is 41.6 Å². The van der Waals surface area contributed by atoms with Crippen LogP contribution in [0.5, 0.6) is 5.75 Å². The van der Waals surface area contributed by atoms with Crippen LogP contribution in [-0.4, -0.2) is 43.1 Å². The van der Waals surface area contributed by atoms with Crippen molar-refractivity contribution >= 4 is 11.6 Å². The summed E-state index contributed by atoms with van der Waals surface area (Å²) in [5.41, 5.74) is 2.49. The first-order chi connectivity index (χ1) is 11.7. The van der Waals surface area contributed by atoms with Crippen molar-refractivity contribution in [3.8, 4) is 5.75 Å². The van der Waals surface area contributed by atoms with Crippen molar-refractivity contribution in [1.82, 2.24) is 9.80 Å². The average molecular weight is 343 g/mol. The molecule has 1 fully saturated rings. The molecule has 0 amide bonds. The van der Waals surface area contributed by atoms with E-state index in [0.29, 0.717) is 0 Å². The van der Waals surface area contributed by atoms with Crippen LogP contribution in [0.25, 0.3) is 0 Å². The molecule has 1 aliphatic heterocycles. The Kier molecular flexibility index (Phi) is 5.44. The molecular weight excluding hydrogens is 320 g/mol. The van der Waals surface area contributed by atoms with Gasteiger partial charge in [-0.2, -0.15) is 0 Å². The lowest BCUT2D eigenvalue weighted by molar-refractivity contribution is 0.139. The zero-order valence-corrected chi connectivity index (χ0v) is 14.7. The van der Waals surface area contributed by atoms with E-state index in [1.165, 1.54) is 11.1 Å². The normalized spacial score (nSPS) is 16.7. The lowest BCUT2D eigenvalue weighted by atomic mass is 9.96. The van der Waals surface area contributed by atoms with E-state index in [-0.39, 0.29) is 6.04 Å². The second-order valence-corrected chi connectivity index (χ2v) is 6.42. The van der Waals surface area contributed by atoms with E-state index >= 15 is 0 Å². The summed E-state index contributed by atoms with van der Waals surface area (Å²) in [4.78, 5) is 4.78. The number of piperazine rings is 1. The van der Waals surface area contributed by atoms with Gasteiger partial charge in [0.2, 0.25) is 0 Å². The van der Waals surface area contributed by atoms with Crippen LogP contribution in [0.1, 0.15) is 17.2 Å².